The van der Waals surface area contributed by atoms with Gasteiger partial charge in [-0.3, -0.25) is 0 Å². The Balaban J connectivity index is -0.0000000257. The van der Waals surface area contributed by atoms with Crippen molar-refractivity contribution in [2.24, 2.45) is 0 Å². The first kappa shape index (κ1) is 36.3. The maximum atomic E-state index is 8.36. The summed E-state index contributed by atoms with van der Waals surface area (Å²) in [5.74, 6) is 0. The molecule has 0 saturated carbocycles. The molecule has 0 aliphatic heterocycles. The van der Waals surface area contributed by atoms with Crippen molar-refractivity contribution >= 4 is 19.4 Å². The quantitative estimate of drug-likeness (QED) is 0.293. The van der Waals surface area contributed by atoms with Crippen LogP contribution in [0.4, 0.5) is 0 Å². The molecule has 18 heteroatoms. The van der Waals surface area contributed by atoms with Gasteiger partial charge in [0.2, 0.25) is 0 Å². The van der Waals surface area contributed by atoms with Gasteiger partial charge >= 0.3 is 8.41 Å². The summed E-state index contributed by atoms with van der Waals surface area (Å²) in [6.45, 7) is 0. The van der Waals surface area contributed by atoms with Crippen molar-refractivity contribution in [2.75, 3.05) is 0 Å². The first-order valence-corrected chi connectivity index (χ1v) is 2.21. The maximum absolute atomic E-state index is 8.36. The first-order chi connectivity index (χ1) is 6.93. The Morgan fingerprint density at radius 2 is 0.611 bits per heavy atom. The third kappa shape index (κ3) is 224. The second-order valence-corrected chi connectivity index (χ2v) is 0.909. The van der Waals surface area contributed by atoms with Gasteiger partial charge in [0.25, 0.3) is 5.09 Å². The van der Waals surface area contributed by atoms with Crippen molar-refractivity contribution < 1.29 is 25.6 Å². The third-order valence-corrected chi connectivity index (χ3v) is 0. The fourth-order valence-electron chi connectivity index (χ4n) is 0. The van der Waals surface area contributed by atoms with Crippen LogP contribution in [0, 0.1) is 56.1 Å². The fraction of sp³-hybridized carbons (Fsp3) is 0. The van der Waals surface area contributed by atoms with Gasteiger partial charge in [0, 0.05) is 11.0 Å². The minimum atomic E-state index is -1.75. The second kappa shape index (κ2) is 29.2. The normalized spacial score (nSPS) is 5.33. The molecule has 0 fully saturated rings. The molecule has 0 rings (SSSR count). The molecule has 0 amide bonds. The predicted molar refractivity (Wildman–Crippen MR) is 51.4 cm³/mol. The van der Waals surface area contributed by atoms with Crippen molar-refractivity contribution in [3.8, 4) is 0 Å². The van der Waals surface area contributed by atoms with Gasteiger partial charge in [0.05, 0.1) is 15.3 Å². The number of rotatable bonds is 0. The van der Waals surface area contributed by atoms with E-state index in [4.69, 9.17) is 61.3 Å². The molecule has 4 radical (unpaired) electrons. The molecule has 100 valence electrons. The van der Waals surface area contributed by atoms with Crippen LogP contribution in [0.25, 0.3) is 0 Å². The van der Waals surface area contributed by atoms with E-state index in [0.29, 0.717) is 0 Å². The molecule has 0 aliphatic carbocycles. The van der Waals surface area contributed by atoms with Crippen LogP contribution in [-0.2, 0) is 0 Å². The van der Waals surface area contributed by atoms with E-state index in [-0.39, 0.29) is 19.4 Å². The van der Waals surface area contributed by atoms with E-state index in [1.807, 2.05) is 0 Å². The summed E-state index contributed by atoms with van der Waals surface area (Å²) in [4.78, 5) is 33.1. The van der Waals surface area contributed by atoms with Crippen molar-refractivity contribution in [1.29, 1.82) is 0 Å². The van der Waals surface area contributed by atoms with Gasteiger partial charge in [-0.05, 0) is 0 Å². The Hall–Kier alpha value is -2.92. The average Bonchev–Trinajstić information content (AvgIpc) is 1.76. The Morgan fingerprint density at radius 1 is 0.611 bits per heavy atom. The molecule has 0 bridgehead atoms. The Bertz CT molecular complexity index is 164. The van der Waals surface area contributed by atoms with Gasteiger partial charge in [0.1, 0.15) is 0 Å². The van der Waals surface area contributed by atoms with E-state index in [1.165, 1.54) is 0 Å². The minimum Gasteiger partial charge on any atom is -0.356 e. The summed E-state index contributed by atoms with van der Waals surface area (Å²) >= 11 is 0. The Labute approximate surface area is 102 Å². The minimum absolute atomic E-state index is 0. The number of hydrogen-bond donors (Lipinski definition) is 1. The molecule has 0 unspecified atom stereocenters. The Kier molecular flexibility index (Phi) is 58.9. The van der Waals surface area contributed by atoms with Crippen molar-refractivity contribution in [2.45, 2.75) is 0 Å². The van der Waals surface area contributed by atoms with E-state index >= 15 is 0 Å². The van der Waals surface area contributed by atoms with E-state index in [0.717, 1.165) is 0 Å². The van der Waals surface area contributed by atoms with Crippen molar-refractivity contribution in [1.82, 2.24) is 0 Å². The number of nitrogens with zero attached hydrogens (tertiary/aromatic N) is 4. The number of hydrogen-bond acceptors (Lipinski definition) is 11. The fourth-order valence-corrected chi connectivity index (χ4v) is 0. The van der Waals surface area contributed by atoms with Gasteiger partial charge in [-0.2, -0.15) is 0 Å². The van der Waals surface area contributed by atoms with Crippen LogP contribution in [0.1, 0.15) is 0 Å². The zero-order valence-electron chi connectivity index (χ0n) is 7.80. The van der Waals surface area contributed by atoms with Crippen LogP contribution in [-0.4, -0.2) is 44.9 Å². The summed E-state index contributed by atoms with van der Waals surface area (Å²) in [7, 11) is 0. The molecular weight excluding hydrogens is 287 g/mol. The molecule has 0 aliphatic rings. The van der Waals surface area contributed by atoms with E-state index in [1.54, 1.807) is 0 Å². The summed E-state index contributed by atoms with van der Waals surface area (Å²) < 4.78 is 0. The summed E-state index contributed by atoms with van der Waals surface area (Å²) in [5, 5.41) is 57.9. The maximum Gasteiger partial charge on any atom is 3.00 e. The molecule has 0 aromatic carbocycles. The Morgan fingerprint density at radius 3 is 0.611 bits per heavy atom. The zero-order valence-corrected chi connectivity index (χ0v) is 8.80. The summed E-state index contributed by atoms with van der Waals surface area (Å²) in [6, 6.07) is 0. The van der Waals surface area contributed by atoms with E-state index in [9.17, 15) is 0 Å². The monoisotopic (exact) mass is 288 g/mol. The molecule has 1 N–H and O–H groups in total. The molecule has 0 heterocycles. The van der Waals surface area contributed by atoms with Crippen LogP contribution in [0.5, 0.6) is 0 Å². The SMILES string of the molecule is O=[N+]([O-])O.O=[N+]([O-])[O-].O=[N+]([O-])[O-].O=[N+]([O-])[O-].[B+3].[Si]. The molecule has 18 heavy (non-hydrogen) atoms. The molecule has 0 aromatic rings. The smallest absolute Gasteiger partial charge is 0.356 e. The largest absolute Gasteiger partial charge is 3.00 e. The molecular formula is HBN4O12Si. The standard InChI is InChI=1S/B.HNO3.3NO3.Si/c;4*2-1(3)4;/h;(H,2,3,4);;;;/q+3;;3*-1;. The average molecular weight is 288 g/mol. The summed E-state index contributed by atoms with van der Waals surface area (Å²) in [6.07, 6.45) is 0. The van der Waals surface area contributed by atoms with Crippen LogP contribution in [0.15, 0.2) is 0 Å². The van der Waals surface area contributed by atoms with Crippen molar-refractivity contribution in [3.05, 3.63) is 56.1 Å². The predicted octanol–water partition coefficient (Wildman–Crippen LogP) is -1.83. The van der Waals surface area contributed by atoms with Crippen LogP contribution in [0.3, 0.4) is 0 Å². The van der Waals surface area contributed by atoms with Gasteiger partial charge in [-0.15, -0.1) is 10.1 Å². The molecule has 0 spiro atoms. The van der Waals surface area contributed by atoms with Gasteiger partial charge in [-0.25, -0.2) is 0 Å². The molecule has 0 aromatic heterocycles. The first-order valence-electron chi connectivity index (χ1n) is 2.21. The van der Waals surface area contributed by atoms with Crippen LogP contribution < -0.4 is 0 Å². The second-order valence-electron chi connectivity index (χ2n) is 0.909. The topological polar surface area (TPSA) is 262 Å². The van der Waals surface area contributed by atoms with Gasteiger partial charge in [-0.1, -0.05) is 0 Å². The third-order valence-electron chi connectivity index (χ3n) is 0. The molecule has 0 atom stereocenters. The van der Waals surface area contributed by atoms with E-state index in [2.05, 4.69) is 0 Å². The van der Waals surface area contributed by atoms with Crippen molar-refractivity contribution in [3.63, 3.8) is 0 Å². The van der Waals surface area contributed by atoms with Gasteiger partial charge in [0.15, 0.2) is 0 Å². The molecule has 0 saturated heterocycles. The zero-order chi connectivity index (χ0) is 14.3. The van der Waals surface area contributed by atoms with Gasteiger partial charge < -0.3 is 51.2 Å². The molecule has 16 nitrogen and oxygen atoms in total. The van der Waals surface area contributed by atoms with E-state index < -0.39 is 20.3 Å². The summed E-state index contributed by atoms with van der Waals surface area (Å²) in [5.41, 5.74) is 0. The van der Waals surface area contributed by atoms with Crippen LogP contribution in [0.2, 0.25) is 0 Å². The van der Waals surface area contributed by atoms with Crippen LogP contribution >= 0.6 is 0 Å².